The van der Waals surface area contributed by atoms with Crippen LogP contribution in [0, 0.1) is 5.92 Å². The lowest BCUT2D eigenvalue weighted by atomic mass is 10.00. The number of rotatable bonds is 5. The smallest absolute Gasteiger partial charge is 0.341 e. The average molecular weight is 310 g/mol. The van der Waals surface area contributed by atoms with Crippen molar-refractivity contribution in [3.05, 3.63) is 22.8 Å². The number of aliphatic carboxylic acids is 1. The third-order valence-electron chi connectivity index (χ3n) is 3.93. The minimum atomic E-state index is -1.05. The van der Waals surface area contributed by atoms with E-state index in [0.29, 0.717) is 17.3 Å². The van der Waals surface area contributed by atoms with Crippen LogP contribution in [0.5, 0.6) is 5.75 Å². The fraction of sp³-hybridized carbons (Fsp3) is 0.467. The van der Waals surface area contributed by atoms with Gasteiger partial charge in [-0.1, -0.05) is 42.4 Å². The largest absolute Gasteiger partial charge is 0.480 e. The van der Waals surface area contributed by atoms with Crippen molar-refractivity contribution in [1.82, 2.24) is 5.16 Å². The summed E-state index contributed by atoms with van der Waals surface area (Å²) in [4.78, 5) is 10.5. The van der Waals surface area contributed by atoms with Gasteiger partial charge < -0.3 is 14.4 Å². The zero-order chi connectivity index (χ0) is 14.8. The first-order valence-corrected chi connectivity index (χ1v) is 7.44. The monoisotopic (exact) mass is 309 g/mol. The Morgan fingerprint density at radius 2 is 2.19 bits per heavy atom. The fourth-order valence-corrected chi connectivity index (χ4v) is 3.14. The molecule has 0 saturated heterocycles. The molecule has 0 unspecified atom stereocenters. The molecule has 0 spiro atoms. The number of hydrogen-bond acceptors (Lipinski definition) is 4. The number of carbonyl (C=O) groups is 1. The van der Waals surface area contributed by atoms with Gasteiger partial charge in [-0.3, -0.25) is 0 Å². The topological polar surface area (TPSA) is 72.6 Å². The summed E-state index contributed by atoms with van der Waals surface area (Å²) < 4.78 is 10.5. The maximum atomic E-state index is 10.5. The summed E-state index contributed by atoms with van der Waals surface area (Å²) in [6, 6.07) is 3.50. The van der Waals surface area contributed by atoms with Gasteiger partial charge in [0, 0.05) is 5.39 Å². The van der Waals surface area contributed by atoms with Gasteiger partial charge in [0.15, 0.2) is 12.2 Å². The van der Waals surface area contributed by atoms with Crippen molar-refractivity contribution < 1.29 is 19.2 Å². The lowest BCUT2D eigenvalue weighted by Crippen LogP contribution is -2.09. The first kappa shape index (κ1) is 14.2. The Kier molecular flexibility index (Phi) is 4.01. The lowest BCUT2D eigenvalue weighted by Gasteiger charge is -2.07. The van der Waals surface area contributed by atoms with Gasteiger partial charge in [0.05, 0.1) is 5.69 Å². The van der Waals surface area contributed by atoms with Crippen LogP contribution in [-0.4, -0.2) is 22.8 Å². The molecule has 0 aliphatic heterocycles. The molecule has 6 heteroatoms. The predicted molar refractivity (Wildman–Crippen MR) is 77.8 cm³/mol. The van der Waals surface area contributed by atoms with E-state index in [9.17, 15) is 4.79 Å². The highest BCUT2D eigenvalue weighted by Gasteiger charge is 2.21. The molecule has 0 bridgehead atoms. The number of nitrogens with zero attached hydrogens (tertiary/aromatic N) is 1. The second kappa shape index (κ2) is 5.93. The predicted octanol–water partition coefficient (Wildman–Crippen LogP) is 3.68. The highest BCUT2D eigenvalue weighted by Crippen LogP contribution is 2.36. The molecule has 1 aromatic heterocycles. The van der Waals surface area contributed by atoms with E-state index in [1.807, 2.05) is 6.07 Å². The summed E-state index contributed by atoms with van der Waals surface area (Å²) in [7, 11) is 0. The van der Waals surface area contributed by atoms with E-state index in [-0.39, 0.29) is 5.02 Å². The van der Waals surface area contributed by atoms with Crippen molar-refractivity contribution in [2.45, 2.75) is 32.1 Å². The van der Waals surface area contributed by atoms with Crippen molar-refractivity contribution >= 4 is 28.5 Å². The Bertz CT molecular complexity index is 661. The molecule has 1 heterocycles. The third kappa shape index (κ3) is 2.97. The van der Waals surface area contributed by atoms with E-state index >= 15 is 0 Å². The maximum Gasteiger partial charge on any atom is 0.341 e. The quantitative estimate of drug-likeness (QED) is 0.912. The molecule has 0 amide bonds. The van der Waals surface area contributed by atoms with Crippen LogP contribution in [-0.2, 0) is 11.2 Å². The van der Waals surface area contributed by atoms with Gasteiger partial charge in [-0.05, 0) is 24.5 Å². The summed E-state index contributed by atoms with van der Waals surface area (Å²) in [6.07, 6.45) is 5.95. The van der Waals surface area contributed by atoms with E-state index in [2.05, 4.69) is 5.16 Å². The summed E-state index contributed by atoms with van der Waals surface area (Å²) in [5.74, 6) is -0.0826. The number of halogens is 1. The normalized spacial score (nSPS) is 15.7. The summed E-state index contributed by atoms with van der Waals surface area (Å²) in [5.41, 5.74) is 1.39. The fourth-order valence-electron chi connectivity index (χ4n) is 2.89. The Morgan fingerprint density at radius 1 is 1.43 bits per heavy atom. The van der Waals surface area contributed by atoms with Crippen molar-refractivity contribution in [2.75, 3.05) is 6.61 Å². The van der Waals surface area contributed by atoms with Crippen molar-refractivity contribution in [1.29, 1.82) is 0 Å². The highest BCUT2D eigenvalue weighted by molar-refractivity contribution is 6.36. The van der Waals surface area contributed by atoms with Crippen LogP contribution in [0.2, 0.25) is 5.02 Å². The molecular weight excluding hydrogens is 294 g/mol. The molecule has 2 aromatic rings. The first-order chi connectivity index (χ1) is 10.1. The van der Waals surface area contributed by atoms with Crippen LogP contribution in [0.1, 0.15) is 31.4 Å². The Morgan fingerprint density at radius 3 is 2.90 bits per heavy atom. The second-order valence-corrected chi connectivity index (χ2v) is 5.80. The number of aromatic nitrogens is 1. The molecule has 1 fully saturated rings. The zero-order valence-electron chi connectivity index (χ0n) is 11.5. The molecule has 3 rings (SSSR count). The van der Waals surface area contributed by atoms with E-state index in [4.69, 9.17) is 26.0 Å². The molecular formula is C15H16ClNO4. The standard InChI is InChI=1S/C15H16ClNO4/c16-14-12(20-8-13(18)19)6-5-10-11(17-21-15(10)14)7-9-3-1-2-4-9/h5-6,9H,1-4,7-8H2,(H,18,19). The highest BCUT2D eigenvalue weighted by atomic mass is 35.5. The Hall–Kier alpha value is -1.75. The molecule has 21 heavy (non-hydrogen) atoms. The third-order valence-corrected chi connectivity index (χ3v) is 4.29. The Labute approximate surface area is 126 Å². The van der Waals surface area contributed by atoms with Crippen LogP contribution >= 0.6 is 11.6 Å². The molecule has 0 atom stereocenters. The van der Waals surface area contributed by atoms with Gasteiger partial charge in [-0.2, -0.15) is 0 Å². The number of carboxylic acid groups (broad SMARTS) is 1. The number of ether oxygens (including phenoxy) is 1. The molecule has 1 aliphatic carbocycles. The number of carboxylic acids is 1. The summed E-state index contributed by atoms with van der Waals surface area (Å²) in [6.45, 7) is -0.436. The van der Waals surface area contributed by atoms with Gasteiger partial charge in [0.1, 0.15) is 10.8 Å². The van der Waals surface area contributed by atoms with Crippen LogP contribution in [0.4, 0.5) is 0 Å². The van der Waals surface area contributed by atoms with E-state index in [1.165, 1.54) is 25.7 Å². The molecule has 1 aromatic carbocycles. The van der Waals surface area contributed by atoms with Gasteiger partial charge in [0.2, 0.25) is 0 Å². The molecule has 1 saturated carbocycles. The minimum Gasteiger partial charge on any atom is -0.480 e. The van der Waals surface area contributed by atoms with Crippen LogP contribution in [0.25, 0.3) is 11.0 Å². The van der Waals surface area contributed by atoms with Crippen molar-refractivity contribution in [3.63, 3.8) is 0 Å². The van der Waals surface area contributed by atoms with E-state index in [0.717, 1.165) is 17.5 Å². The average Bonchev–Trinajstić information content (AvgIpc) is 3.09. The van der Waals surface area contributed by atoms with E-state index in [1.54, 1.807) is 6.07 Å². The van der Waals surface area contributed by atoms with Crippen LogP contribution < -0.4 is 4.74 Å². The van der Waals surface area contributed by atoms with Gasteiger partial charge in [-0.15, -0.1) is 0 Å². The molecule has 1 N–H and O–H groups in total. The number of fused-ring (bicyclic) bond motifs is 1. The summed E-state index contributed by atoms with van der Waals surface area (Å²) >= 11 is 6.20. The van der Waals surface area contributed by atoms with Crippen molar-refractivity contribution in [2.24, 2.45) is 5.92 Å². The van der Waals surface area contributed by atoms with Gasteiger partial charge in [0.25, 0.3) is 0 Å². The number of benzene rings is 1. The van der Waals surface area contributed by atoms with Gasteiger partial charge >= 0.3 is 5.97 Å². The minimum absolute atomic E-state index is 0.277. The lowest BCUT2D eigenvalue weighted by molar-refractivity contribution is -0.139. The summed E-state index contributed by atoms with van der Waals surface area (Å²) in [5, 5.41) is 13.9. The van der Waals surface area contributed by atoms with Gasteiger partial charge in [-0.25, -0.2) is 4.79 Å². The first-order valence-electron chi connectivity index (χ1n) is 7.06. The number of hydrogen-bond donors (Lipinski definition) is 1. The molecule has 1 aliphatic rings. The van der Waals surface area contributed by atoms with Crippen LogP contribution in [0.15, 0.2) is 16.7 Å². The molecule has 5 nitrogen and oxygen atoms in total. The van der Waals surface area contributed by atoms with Crippen LogP contribution in [0.3, 0.4) is 0 Å². The Balaban J connectivity index is 1.85. The molecule has 0 radical (unpaired) electrons. The van der Waals surface area contributed by atoms with Crippen molar-refractivity contribution in [3.8, 4) is 5.75 Å². The zero-order valence-corrected chi connectivity index (χ0v) is 12.2. The maximum absolute atomic E-state index is 10.5. The SMILES string of the molecule is O=C(O)COc1ccc2c(CC3CCCC3)noc2c1Cl. The molecule has 112 valence electrons. The second-order valence-electron chi connectivity index (χ2n) is 5.42. The van der Waals surface area contributed by atoms with E-state index < -0.39 is 12.6 Å².